The van der Waals surface area contributed by atoms with Crippen LogP contribution in [0.15, 0.2) is 18.5 Å². The van der Waals surface area contributed by atoms with Crippen LogP contribution >= 0.6 is 23.2 Å². The molecule has 0 aromatic carbocycles. The van der Waals surface area contributed by atoms with Gasteiger partial charge in [0, 0.05) is 12.4 Å². The molecule has 0 saturated heterocycles. The molecule has 40 heavy (non-hydrogen) atoms. The maximum absolute atomic E-state index is 13.8. The molecule has 3 heterocycles. The Bertz CT molecular complexity index is 1380. The first-order valence-electron chi connectivity index (χ1n) is 10.1. The van der Waals surface area contributed by atoms with E-state index in [9.17, 15) is 53.1 Å². The quantitative estimate of drug-likeness (QED) is 0.228. The zero-order valence-electron chi connectivity index (χ0n) is 18.8. The fraction of sp³-hybridized carbons (Fsp3) is 0.368. The number of rotatable bonds is 10. The fourth-order valence-electron chi connectivity index (χ4n) is 2.85. The molecule has 0 unspecified atom stereocenters. The molecule has 0 radical (unpaired) electrons. The molecule has 0 saturated carbocycles. The van der Waals surface area contributed by atoms with Gasteiger partial charge in [-0.25, -0.2) is 13.8 Å². The van der Waals surface area contributed by atoms with Gasteiger partial charge in [0.1, 0.15) is 11.1 Å². The largest absolute Gasteiger partial charge is 0.471 e. The number of hydrogen-bond acceptors (Lipinski definition) is 6. The molecule has 0 atom stereocenters. The molecular weight excluding hydrogens is 624 g/mol. The molecular formula is C19H11Cl2F11N6O2. The molecule has 8 nitrogen and oxygen atoms in total. The van der Waals surface area contributed by atoms with Gasteiger partial charge in [0.15, 0.2) is 12.3 Å². The van der Waals surface area contributed by atoms with E-state index < -0.39 is 60.9 Å². The van der Waals surface area contributed by atoms with E-state index in [1.807, 2.05) is 0 Å². The monoisotopic (exact) mass is 634 g/mol. The van der Waals surface area contributed by atoms with Gasteiger partial charge in [-0.15, -0.1) is 0 Å². The first-order valence-corrected chi connectivity index (χ1v) is 10.9. The van der Waals surface area contributed by atoms with Crippen LogP contribution in [-0.4, -0.2) is 69.4 Å². The van der Waals surface area contributed by atoms with Gasteiger partial charge in [0.05, 0.1) is 22.3 Å². The smallest absolute Gasteiger partial charge is 0.460 e. The van der Waals surface area contributed by atoms with Gasteiger partial charge < -0.3 is 20.4 Å². The number of nitrogens with one attached hydrogen (secondary N) is 3. The van der Waals surface area contributed by atoms with Crippen LogP contribution in [0.1, 0.15) is 10.4 Å². The van der Waals surface area contributed by atoms with Gasteiger partial charge in [-0.3, -0.25) is 9.78 Å². The maximum atomic E-state index is 13.8. The minimum Gasteiger partial charge on any atom is -0.471 e. The number of fused-ring (bicyclic) bond motifs is 1. The summed E-state index contributed by atoms with van der Waals surface area (Å²) in [5.41, 5.74) is -1.48. The van der Waals surface area contributed by atoms with Gasteiger partial charge in [-0.1, -0.05) is 23.2 Å². The number of hydrogen-bond donors (Lipinski definition) is 3. The van der Waals surface area contributed by atoms with E-state index in [2.05, 4.69) is 30.0 Å². The van der Waals surface area contributed by atoms with Crippen LogP contribution in [-0.2, 0) is 0 Å². The summed E-state index contributed by atoms with van der Waals surface area (Å²) in [7, 11) is 0. The summed E-state index contributed by atoms with van der Waals surface area (Å²) in [6.07, 6.45) is -7.83. The molecule has 0 bridgehead atoms. The Labute approximate surface area is 224 Å². The fourth-order valence-corrected chi connectivity index (χ4v) is 3.31. The van der Waals surface area contributed by atoms with Crippen molar-refractivity contribution in [2.75, 3.05) is 18.5 Å². The molecule has 3 rings (SSSR count). The SMILES string of the molecule is O=C(NCC(F)(F)C(F)(F)C(F)(F)C(F)(F)F)c1cc2nc(Nc3c(Cl)cncc3Cl)[nH]c2nc1OCC(F)F. The number of ether oxygens (including phenoxy) is 1. The second-order valence-corrected chi connectivity index (χ2v) is 8.45. The van der Waals surface area contributed by atoms with Crippen molar-refractivity contribution < 1.29 is 57.8 Å². The summed E-state index contributed by atoms with van der Waals surface area (Å²) < 4.78 is 148. The van der Waals surface area contributed by atoms with Crippen molar-refractivity contribution in [1.82, 2.24) is 25.3 Å². The van der Waals surface area contributed by atoms with Crippen LogP contribution in [0.2, 0.25) is 10.0 Å². The normalized spacial score (nSPS) is 13.2. The van der Waals surface area contributed by atoms with Gasteiger partial charge in [-0.2, -0.15) is 44.5 Å². The van der Waals surface area contributed by atoms with Crippen LogP contribution in [0.4, 0.5) is 59.9 Å². The number of imidazole rings is 1. The lowest BCUT2D eigenvalue weighted by Crippen LogP contribution is -2.63. The average Bonchev–Trinajstić information content (AvgIpc) is 3.23. The predicted octanol–water partition coefficient (Wildman–Crippen LogP) is 6.25. The molecule has 21 heteroatoms. The Morgan fingerprint density at radius 2 is 1.57 bits per heavy atom. The number of amides is 1. The molecule has 0 aliphatic heterocycles. The lowest BCUT2D eigenvalue weighted by atomic mass is 10.0. The van der Waals surface area contributed by atoms with Crippen molar-refractivity contribution >= 4 is 51.9 Å². The topological polar surface area (TPSA) is 105 Å². The van der Waals surface area contributed by atoms with E-state index in [0.29, 0.717) is 6.07 Å². The molecule has 0 aliphatic rings. The molecule has 0 fully saturated rings. The highest BCUT2D eigenvalue weighted by atomic mass is 35.5. The number of aromatic amines is 1. The lowest BCUT2D eigenvalue weighted by Gasteiger charge is -2.33. The summed E-state index contributed by atoms with van der Waals surface area (Å²) in [4.78, 5) is 26.3. The molecule has 0 spiro atoms. The molecule has 3 aromatic rings. The van der Waals surface area contributed by atoms with Gasteiger partial charge >= 0.3 is 23.9 Å². The molecule has 3 aromatic heterocycles. The van der Waals surface area contributed by atoms with E-state index in [4.69, 9.17) is 23.2 Å². The highest BCUT2D eigenvalue weighted by molar-refractivity contribution is 6.39. The van der Waals surface area contributed by atoms with E-state index in [1.54, 1.807) is 0 Å². The number of alkyl halides is 11. The van der Waals surface area contributed by atoms with E-state index >= 15 is 0 Å². The highest BCUT2D eigenvalue weighted by Crippen LogP contribution is 2.52. The zero-order valence-corrected chi connectivity index (χ0v) is 20.3. The standard InChI is InChI=1S/C19H11Cl2F11N6O2/c20-7-2-33-3-8(21)11(7)36-15-35-9-1-6(14(37-12(9)38-15)40-4-10(22)23)13(39)34-5-16(24,25)17(26,27)18(28,29)19(30,31)32/h1-3,10H,4-5H2,(H,34,39)(H2,33,35,36,37,38). The van der Waals surface area contributed by atoms with Gasteiger partial charge in [-0.05, 0) is 6.07 Å². The first-order chi connectivity index (χ1) is 18.3. The second kappa shape index (κ2) is 10.9. The number of anilines is 2. The lowest BCUT2D eigenvalue weighted by molar-refractivity contribution is -0.394. The van der Waals surface area contributed by atoms with E-state index in [-0.39, 0.29) is 32.8 Å². The Kier molecular flexibility index (Phi) is 8.50. The van der Waals surface area contributed by atoms with Crippen molar-refractivity contribution in [3.8, 4) is 5.88 Å². The van der Waals surface area contributed by atoms with Crippen molar-refractivity contribution in [2.24, 2.45) is 0 Å². The maximum Gasteiger partial charge on any atom is 0.460 e. The summed E-state index contributed by atoms with van der Waals surface area (Å²) in [6, 6.07) is 0.691. The second-order valence-electron chi connectivity index (χ2n) is 7.63. The third kappa shape index (κ3) is 6.03. The average molecular weight is 635 g/mol. The van der Waals surface area contributed by atoms with Crippen LogP contribution in [0.3, 0.4) is 0 Å². The van der Waals surface area contributed by atoms with Gasteiger partial charge in [0.2, 0.25) is 11.8 Å². The number of aromatic nitrogens is 4. The Morgan fingerprint density at radius 3 is 2.12 bits per heavy atom. The number of pyridine rings is 2. The highest BCUT2D eigenvalue weighted by Gasteiger charge is 2.81. The van der Waals surface area contributed by atoms with Crippen LogP contribution in [0.5, 0.6) is 5.88 Å². The van der Waals surface area contributed by atoms with Gasteiger partial charge in [0.25, 0.3) is 12.3 Å². The number of carbonyl (C=O) groups is 1. The number of carbonyl (C=O) groups excluding carboxylic acids is 1. The third-order valence-electron chi connectivity index (χ3n) is 4.80. The summed E-state index contributed by atoms with van der Waals surface area (Å²) in [5, 5.41) is 3.69. The summed E-state index contributed by atoms with van der Waals surface area (Å²) in [5.74, 6) is -23.3. The summed E-state index contributed by atoms with van der Waals surface area (Å²) in [6.45, 7) is -4.14. The number of nitrogens with zero attached hydrogens (tertiary/aromatic N) is 3. The van der Waals surface area contributed by atoms with Crippen molar-refractivity contribution in [3.05, 3.63) is 34.1 Å². The molecule has 3 N–H and O–H groups in total. The molecule has 1 amide bonds. The van der Waals surface area contributed by atoms with Crippen molar-refractivity contribution in [3.63, 3.8) is 0 Å². The van der Waals surface area contributed by atoms with E-state index in [1.165, 1.54) is 12.4 Å². The summed E-state index contributed by atoms with van der Waals surface area (Å²) >= 11 is 11.9. The van der Waals surface area contributed by atoms with E-state index in [0.717, 1.165) is 5.32 Å². The number of H-pyrrole nitrogens is 1. The van der Waals surface area contributed by atoms with Crippen molar-refractivity contribution in [2.45, 2.75) is 30.4 Å². The van der Waals surface area contributed by atoms with Crippen LogP contribution < -0.4 is 15.4 Å². The molecule has 0 aliphatic carbocycles. The minimum absolute atomic E-state index is 0.00997. The van der Waals surface area contributed by atoms with Crippen molar-refractivity contribution in [1.29, 1.82) is 0 Å². The number of halogens is 13. The first kappa shape index (κ1) is 31.2. The van der Waals surface area contributed by atoms with Crippen LogP contribution in [0, 0.1) is 0 Å². The Balaban J connectivity index is 1.93. The third-order valence-corrected chi connectivity index (χ3v) is 5.38. The van der Waals surface area contributed by atoms with Crippen LogP contribution in [0.25, 0.3) is 11.2 Å². The zero-order chi connectivity index (χ0) is 30.3. The molecule has 220 valence electrons. The Hall–Kier alpha value is -3.35. The Morgan fingerprint density at radius 1 is 0.975 bits per heavy atom. The predicted molar refractivity (Wildman–Crippen MR) is 116 cm³/mol. The minimum atomic E-state index is -7.18.